The van der Waals surface area contributed by atoms with Crippen LogP contribution in [0.15, 0.2) is 60.7 Å². The lowest BCUT2D eigenvalue weighted by atomic mass is 9.99. The first kappa shape index (κ1) is 14.6. The monoisotopic (exact) mass is 270 g/mol. The van der Waals surface area contributed by atoms with Gasteiger partial charge in [-0.3, -0.25) is 0 Å². The number of hydrogen-bond donors (Lipinski definition) is 2. The molecule has 2 rings (SSSR count). The molecule has 0 saturated carbocycles. The summed E-state index contributed by atoms with van der Waals surface area (Å²) in [6.45, 7) is 0.552. The number of nitrogens with one attached hydrogen (secondary N) is 1. The molecule has 0 amide bonds. The van der Waals surface area contributed by atoms with E-state index in [1.54, 1.807) is 0 Å². The topological polar surface area (TPSA) is 35.5 Å². The van der Waals surface area contributed by atoms with Crippen LogP contribution < -0.4 is 10.2 Å². The number of hydrogen-bond acceptors (Lipinski definition) is 3. The quantitative estimate of drug-likeness (QED) is 0.846. The van der Waals surface area contributed by atoms with Crippen molar-refractivity contribution in [1.82, 2.24) is 5.32 Å². The van der Waals surface area contributed by atoms with Gasteiger partial charge >= 0.3 is 0 Å². The molecule has 0 unspecified atom stereocenters. The zero-order valence-corrected chi connectivity index (χ0v) is 12.0. The van der Waals surface area contributed by atoms with Gasteiger partial charge in [0, 0.05) is 19.3 Å². The maximum atomic E-state index is 10.5. The summed E-state index contributed by atoms with van der Waals surface area (Å²) in [5, 5.41) is 13.5. The lowest BCUT2D eigenvalue weighted by Crippen LogP contribution is -2.39. The minimum atomic E-state index is -0.479. The molecule has 2 aromatic rings. The van der Waals surface area contributed by atoms with Gasteiger partial charge < -0.3 is 15.3 Å². The highest BCUT2D eigenvalue weighted by Gasteiger charge is 2.25. The fourth-order valence-corrected chi connectivity index (χ4v) is 2.50. The number of nitrogens with zero attached hydrogens (tertiary/aromatic N) is 1. The predicted molar refractivity (Wildman–Crippen MR) is 84.0 cm³/mol. The van der Waals surface area contributed by atoms with Gasteiger partial charge in [-0.1, -0.05) is 48.5 Å². The van der Waals surface area contributed by atoms with E-state index in [4.69, 9.17) is 0 Å². The van der Waals surface area contributed by atoms with Crippen molar-refractivity contribution in [1.29, 1.82) is 0 Å². The lowest BCUT2D eigenvalue weighted by molar-refractivity contribution is 0.142. The molecule has 2 N–H and O–H groups in total. The van der Waals surface area contributed by atoms with Crippen LogP contribution in [0.4, 0.5) is 5.69 Å². The van der Waals surface area contributed by atoms with Crippen LogP contribution in [0.3, 0.4) is 0 Å². The Hall–Kier alpha value is -1.84. The van der Waals surface area contributed by atoms with Crippen molar-refractivity contribution in [2.45, 2.75) is 12.1 Å². The third kappa shape index (κ3) is 3.38. The molecule has 0 radical (unpaired) electrons. The van der Waals surface area contributed by atoms with E-state index in [0.717, 1.165) is 11.3 Å². The first-order valence-corrected chi connectivity index (χ1v) is 6.89. The molecule has 2 aromatic carbocycles. The van der Waals surface area contributed by atoms with Crippen molar-refractivity contribution >= 4 is 5.69 Å². The summed E-state index contributed by atoms with van der Waals surface area (Å²) in [5.74, 6) is 0. The van der Waals surface area contributed by atoms with Crippen LogP contribution in [0, 0.1) is 0 Å². The van der Waals surface area contributed by atoms with Gasteiger partial charge in [-0.05, 0) is 24.7 Å². The van der Waals surface area contributed by atoms with Crippen molar-refractivity contribution in [2.75, 3.05) is 25.5 Å². The molecule has 106 valence electrons. The Balaban J connectivity index is 2.31. The molecule has 0 aliphatic rings. The van der Waals surface area contributed by atoms with E-state index in [1.165, 1.54) is 0 Å². The maximum Gasteiger partial charge on any atom is 0.0909 e. The van der Waals surface area contributed by atoms with Crippen LogP contribution in [-0.4, -0.2) is 31.9 Å². The number of benzene rings is 2. The highest BCUT2D eigenvalue weighted by molar-refractivity contribution is 5.48. The van der Waals surface area contributed by atoms with Crippen LogP contribution in [0.1, 0.15) is 11.6 Å². The number of rotatable bonds is 6. The van der Waals surface area contributed by atoms with Crippen molar-refractivity contribution < 1.29 is 5.11 Å². The molecule has 0 spiro atoms. The number of aliphatic hydroxyl groups is 1. The highest BCUT2D eigenvalue weighted by Crippen LogP contribution is 2.28. The van der Waals surface area contributed by atoms with Gasteiger partial charge in [0.15, 0.2) is 0 Å². The van der Waals surface area contributed by atoms with Gasteiger partial charge in [0.1, 0.15) is 0 Å². The summed E-state index contributed by atoms with van der Waals surface area (Å²) in [6.07, 6.45) is -0.479. The second-order valence-corrected chi connectivity index (χ2v) is 4.93. The van der Waals surface area contributed by atoms with E-state index in [2.05, 4.69) is 34.5 Å². The Kier molecular flexibility index (Phi) is 5.16. The molecule has 0 fully saturated rings. The van der Waals surface area contributed by atoms with Gasteiger partial charge in [-0.15, -0.1) is 0 Å². The van der Waals surface area contributed by atoms with Crippen LogP contribution in [0.2, 0.25) is 0 Å². The van der Waals surface area contributed by atoms with Crippen LogP contribution in [0.25, 0.3) is 0 Å². The second-order valence-electron chi connectivity index (χ2n) is 4.93. The normalized spacial score (nSPS) is 13.8. The molecule has 0 heterocycles. The van der Waals surface area contributed by atoms with E-state index >= 15 is 0 Å². The molecular weight excluding hydrogens is 248 g/mol. The second kappa shape index (κ2) is 7.08. The first-order chi connectivity index (χ1) is 9.74. The van der Waals surface area contributed by atoms with Gasteiger partial charge in [0.05, 0.1) is 12.1 Å². The van der Waals surface area contributed by atoms with E-state index in [0.29, 0.717) is 6.54 Å². The van der Waals surface area contributed by atoms with Gasteiger partial charge in [0.25, 0.3) is 0 Å². The molecule has 0 aliphatic carbocycles. The molecule has 2 atom stereocenters. The van der Waals surface area contributed by atoms with Crippen molar-refractivity contribution in [3.63, 3.8) is 0 Å². The Morgan fingerprint density at radius 2 is 1.55 bits per heavy atom. The molecule has 0 bridgehead atoms. The fraction of sp³-hybridized carbons (Fsp3) is 0.294. The minimum Gasteiger partial charge on any atom is -0.389 e. The molecular formula is C17H22N2O. The third-order valence-corrected chi connectivity index (χ3v) is 3.50. The Morgan fingerprint density at radius 1 is 1.00 bits per heavy atom. The van der Waals surface area contributed by atoms with Crippen molar-refractivity contribution in [3.05, 3.63) is 66.2 Å². The van der Waals surface area contributed by atoms with Crippen LogP contribution in [-0.2, 0) is 0 Å². The van der Waals surface area contributed by atoms with Crippen LogP contribution >= 0.6 is 0 Å². The fourth-order valence-electron chi connectivity index (χ4n) is 2.50. The van der Waals surface area contributed by atoms with E-state index in [1.807, 2.05) is 50.5 Å². The summed E-state index contributed by atoms with van der Waals surface area (Å²) >= 11 is 0. The molecule has 0 aromatic heterocycles. The Labute approximate surface area is 120 Å². The molecule has 20 heavy (non-hydrogen) atoms. The number of para-hydroxylation sites is 1. The number of aliphatic hydroxyl groups excluding tert-OH is 1. The third-order valence-electron chi connectivity index (χ3n) is 3.50. The number of anilines is 1. The summed E-state index contributed by atoms with van der Waals surface area (Å²) in [7, 11) is 3.87. The molecule has 3 heteroatoms. The Bertz CT molecular complexity index is 501. The summed E-state index contributed by atoms with van der Waals surface area (Å²) in [6, 6.07) is 20.2. The highest BCUT2D eigenvalue weighted by atomic mass is 16.3. The van der Waals surface area contributed by atoms with Crippen molar-refractivity contribution in [3.8, 4) is 0 Å². The smallest absolute Gasteiger partial charge is 0.0909 e. The van der Waals surface area contributed by atoms with E-state index in [9.17, 15) is 5.11 Å². The first-order valence-electron chi connectivity index (χ1n) is 6.89. The zero-order valence-electron chi connectivity index (χ0n) is 12.0. The summed E-state index contributed by atoms with van der Waals surface area (Å²) < 4.78 is 0. The maximum absolute atomic E-state index is 10.5. The molecule has 0 aliphatic heterocycles. The molecule has 3 nitrogen and oxygen atoms in total. The predicted octanol–water partition coefficient (Wildman–Crippen LogP) is 2.44. The number of likely N-dealkylation sites (N-methyl/N-ethyl adjacent to an activating group) is 2. The van der Waals surface area contributed by atoms with Gasteiger partial charge in [-0.25, -0.2) is 0 Å². The average Bonchev–Trinajstić information content (AvgIpc) is 2.50. The average molecular weight is 270 g/mol. The minimum absolute atomic E-state index is 0.0777. The molecule has 0 saturated heterocycles. The zero-order chi connectivity index (χ0) is 14.4. The van der Waals surface area contributed by atoms with E-state index in [-0.39, 0.29) is 6.04 Å². The van der Waals surface area contributed by atoms with Gasteiger partial charge in [0.2, 0.25) is 0 Å². The van der Waals surface area contributed by atoms with Gasteiger partial charge in [-0.2, -0.15) is 0 Å². The van der Waals surface area contributed by atoms with E-state index < -0.39 is 6.10 Å². The SMILES string of the molecule is CNC[C@H](O)[C@@H](c1ccccc1)N(C)c1ccccc1. The summed E-state index contributed by atoms with van der Waals surface area (Å²) in [5.41, 5.74) is 2.21. The lowest BCUT2D eigenvalue weighted by Gasteiger charge is -2.34. The largest absolute Gasteiger partial charge is 0.389 e. The standard InChI is InChI=1S/C17H22N2O/c1-18-13-16(20)17(14-9-5-3-6-10-14)19(2)15-11-7-4-8-12-15/h3-12,16-18,20H,13H2,1-2H3/t16-,17+/m0/s1. The Morgan fingerprint density at radius 3 is 2.10 bits per heavy atom. The van der Waals surface area contributed by atoms with Crippen LogP contribution in [0.5, 0.6) is 0 Å². The van der Waals surface area contributed by atoms with Crippen molar-refractivity contribution in [2.24, 2.45) is 0 Å². The summed E-state index contributed by atoms with van der Waals surface area (Å²) in [4.78, 5) is 2.12.